The fraction of sp³-hybridized carbons (Fsp3) is 0.429. The molecule has 0 saturated carbocycles. The lowest BCUT2D eigenvalue weighted by Crippen LogP contribution is -2.42. The average molecular weight is 280 g/mol. The molecule has 1 heterocycles. The smallest absolute Gasteiger partial charge is 0.311 e. The molecule has 1 saturated heterocycles. The molecule has 0 atom stereocenters. The zero-order valence-corrected chi connectivity index (χ0v) is 11.1. The van der Waals surface area contributed by atoms with Crippen molar-refractivity contribution >= 4 is 11.8 Å². The maximum Gasteiger partial charge on any atom is 0.311 e. The number of benzene rings is 1. The van der Waals surface area contributed by atoms with E-state index in [9.17, 15) is 14.0 Å². The molecule has 0 aliphatic carbocycles. The van der Waals surface area contributed by atoms with E-state index in [0.29, 0.717) is 13.1 Å². The van der Waals surface area contributed by atoms with Crippen molar-refractivity contribution in [2.45, 2.75) is 12.8 Å². The largest absolute Gasteiger partial charge is 0.489 e. The quantitative estimate of drug-likeness (QED) is 0.659. The summed E-state index contributed by atoms with van der Waals surface area (Å²) >= 11 is 0. The molecule has 1 aromatic carbocycles. The van der Waals surface area contributed by atoms with Gasteiger partial charge in [-0.1, -0.05) is 12.1 Å². The van der Waals surface area contributed by atoms with Crippen LogP contribution in [0.25, 0.3) is 0 Å². The Kier molecular flexibility index (Phi) is 4.92. The summed E-state index contributed by atoms with van der Waals surface area (Å²) in [6.45, 7) is 1.54. The summed E-state index contributed by atoms with van der Waals surface area (Å²) in [5, 5.41) is 2.47. The number of ether oxygens (including phenoxy) is 1. The van der Waals surface area contributed by atoms with Gasteiger partial charge in [0, 0.05) is 13.1 Å². The number of halogens is 1. The molecule has 0 aromatic heterocycles. The third-order valence-corrected chi connectivity index (χ3v) is 3.07. The van der Waals surface area contributed by atoms with Gasteiger partial charge in [0.05, 0.1) is 6.54 Å². The van der Waals surface area contributed by atoms with Crippen LogP contribution in [0.2, 0.25) is 0 Å². The lowest BCUT2D eigenvalue weighted by molar-refractivity contribution is -0.145. The van der Waals surface area contributed by atoms with Crippen molar-refractivity contribution in [2.75, 3.05) is 26.2 Å². The zero-order chi connectivity index (χ0) is 14.4. The third kappa shape index (κ3) is 3.69. The van der Waals surface area contributed by atoms with Crippen LogP contribution in [0.5, 0.6) is 5.75 Å². The number of rotatable bonds is 4. The maximum absolute atomic E-state index is 13.2. The summed E-state index contributed by atoms with van der Waals surface area (Å²) in [6, 6.07) is 6.03. The van der Waals surface area contributed by atoms with E-state index in [2.05, 4.69) is 5.32 Å². The number of nitrogens with zero attached hydrogens (tertiary/aromatic N) is 1. The minimum atomic E-state index is -0.635. The van der Waals surface area contributed by atoms with Gasteiger partial charge >= 0.3 is 11.8 Å². The maximum atomic E-state index is 13.2. The Morgan fingerprint density at radius 2 is 1.95 bits per heavy atom. The number of hydrogen-bond acceptors (Lipinski definition) is 3. The highest BCUT2D eigenvalue weighted by Gasteiger charge is 2.23. The molecule has 0 spiro atoms. The van der Waals surface area contributed by atoms with Gasteiger partial charge in [-0.3, -0.25) is 9.59 Å². The summed E-state index contributed by atoms with van der Waals surface area (Å²) < 4.78 is 18.4. The van der Waals surface area contributed by atoms with Crippen LogP contribution in [0.1, 0.15) is 12.8 Å². The van der Waals surface area contributed by atoms with E-state index in [1.165, 1.54) is 17.0 Å². The van der Waals surface area contributed by atoms with Crippen molar-refractivity contribution in [2.24, 2.45) is 0 Å². The second-order valence-corrected chi connectivity index (χ2v) is 4.53. The first-order chi connectivity index (χ1) is 9.68. The molecule has 108 valence electrons. The van der Waals surface area contributed by atoms with Crippen molar-refractivity contribution < 1.29 is 18.7 Å². The molecule has 20 heavy (non-hydrogen) atoms. The molecule has 2 rings (SSSR count). The monoisotopic (exact) mass is 280 g/mol. The van der Waals surface area contributed by atoms with Crippen LogP contribution in [-0.2, 0) is 9.59 Å². The number of carbonyl (C=O) groups excluding carboxylic acids is 2. The van der Waals surface area contributed by atoms with Gasteiger partial charge in [0.1, 0.15) is 6.61 Å². The van der Waals surface area contributed by atoms with Gasteiger partial charge in [0.25, 0.3) is 0 Å². The van der Waals surface area contributed by atoms with Crippen LogP contribution in [0.3, 0.4) is 0 Å². The Labute approximate surface area is 116 Å². The van der Waals surface area contributed by atoms with E-state index < -0.39 is 17.6 Å². The first kappa shape index (κ1) is 14.3. The van der Waals surface area contributed by atoms with E-state index in [0.717, 1.165) is 12.8 Å². The molecule has 1 fully saturated rings. The van der Waals surface area contributed by atoms with Crippen LogP contribution in [-0.4, -0.2) is 43.0 Å². The molecule has 1 N–H and O–H groups in total. The lowest BCUT2D eigenvalue weighted by atomic mass is 10.3. The number of para-hydroxylation sites is 1. The fourth-order valence-electron chi connectivity index (χ4n) is 2.03. The predicted octanol–water partition coefficient (Wildman–Crippen LogP) is 0.943. The number of carbonyl (C=O) groups is 2. The van der Waals surface area contributed by atoms with Gasteiger partial charge in [0.15, 0.2) is 11.6 Å². The summed E-state index contributed by atoms with van der Waals surface area (Å²) in [7, 11) is 0. The summed E-state index contributed by atoms with van der Waals surface area (Å²) in [5.74, 6) is -1.46. The van der Waals surface area contributed by atoms with Crippen LogP contribution >= 0.6 is 0 Å². The van der Waals surface area contributed by atoms with Crippen molar-refractivity contribution in [3.63, 3.8) is 0 Å². The van der Waals surface area contributed by atoms with Crippen LogP contribution < -0.4 is 10.1 Å². The summed E-state index contributed by atoms with van der Waals surface area (Å²) in [4.78, 5) is 24.8. The van der Waals surface area contributed by atoms with Gasteiger partial charge in [0.2, 0.25) is 0 Å². The number of amides is 2. The zero-order valence-electron chi connectivity index (χ0n) is 11.1. The Balaban J connectivity index is 1.69. The minimum absolute atomic E-state index is 0.111. The first-order valence-corrected chi connectivity index (χ1v) is 6.63. The number of nitrogens with one attached hydrogen (secondary N) is 1. The Morgan fingerprint density at radius 1 is 1.25 bits per heavy atom. The van der Waals surface area contributed by atoms with Crippen molar-refractivity contribution in [1.29, 1.82) is 0 Å². The van der Waals surface area contributed by atoms with Crippen LogP contribution in [0.4, 0.5) is 4.39 Å². The topological polar surface area (TPSA) is 58.6 Å². The normalized spacial score (nSPS) is 14.2. The van der Waals surface area contributed by atoms with E-state index >= 15 is 0 Å². The summed E-state index contributed by atoms with van der Waals surface area (Å²) in [6.07, 6.45) is 1.88. The SMILES string of the molecule is O=C(NCCOc1ccccc1F)C(=O)N1CCCC1. The summed E-state index contributed by atoms with van der Waals surface area (Å²) in [5.41, 5.74) is 0. The van der Waals surface area contributed by atoms with E-state index in [1.807, 2.05) is 0 Å². The number of hydrogen-bond donors (Lipinski definition) is 1. The Morgan fingerprint density at radius 3 is 2.65 bits per heavy atom. The van der Waals surface area contributed by atoms with Crippen molar-refractivity contribution in [1.82, 2.24) is 10.2 Å². The molecule has 0 bridgehead atoms. The molecule has 1 aromatic rings. The highest BCUT2D eigenvalue weighted by molar-refractivity contribution is 6.35. The second-order valence-electron chi connectivity index (χ2n) is 4.53. The molecule has 1 aliphatic heterocycles. The molecular weight excluding hydrogens is 263 g/mol. The van der Waals surface area contributed by atoms with Crippen molar-refractivity contribution in [3.05, 3.63) is 30.1 Å². The Bertz CT molecular complexity index is 487. The Hall–Kier alpha value is -2.11. The van der Waals surface area contributed by atoms with Gasteiger partial charge in [-0.15, -0.1) is 0 Å². The fourth-order valence-corrected chi connectivity index (χ4v) is 2.03. The van der Waals surface area contributed by atoms with Crippen molar-refractivity contribution in [3.8, 4) is 5.75 Å². The number of likely N-dealkylation sites (tertiary alicyclic amines) is 1. The molecule has 1 aliphatic rings. The third-order valence-electron chi connectivity index (χ3n) is 3.07. The highest BCUT2D eigenvalue weighted by atomic mass is 19.1. The molecule has 0 unspecified atom stereocenters. The predicted molar refractivity (Wildman–Crippen MR) is 70.7 cm³/mol. The molecule has 0 radical (unpaired) electrons. The average Bonchev–Trinajstić information content (AvgIpc) is 2.98. The van der Waals surface area contributed by atoms with Crippen LogP contribution in [0, 0.1) is 5.82 Å². The first-order valence-electron chi connectivity index (χ1n) is 6.63. The minimum Gasteiger partial charge on any atom is -0.489 e. The van der Waals surface area contributed by atoms with Gasteiger partial charge in [-0.25, -0.2) is 4.39 Å². The highest BCUT2D eigenvalue weighted by Crippen LogP contribution is 2.14. The van der Waals surface area contributed by atoms with Gasteiger partial charge < -0.3 is 15.0 Å². The van der Waals surface area contributed by atoms with Gasteiger partial charge in [-0.2, -0.15) is 0 Å². The molecule has 2 amide bonds. The van der Waals surface area contributed by atoms with E-state index in [1.54, 1.807) is 12.1 Å². The van der Waals surface area contributed by atoms with E-state index in [-0.39, 0.29) is 18.9 Å². The molecular formula is C14H17FN2O3. The molecule has 5 nitrogen and oxygen atoms in total. The van der Waals surface area contributed by atoms with E-state index in [4.69, 9.17) is 4.74 Å². The molecule has 6 heteroatoms. The standard InChI is InChI=1S/C14H17FN2O3/c15-11-5-1-2-6-12(11)20-10-7-16-13(18)14(19)17-8-3-4-9-17/h1-2,5-6H,3-4,7-10H2,(H,16,18). The second kappa shape index (κ2) is 6.88. The lowest BCUT2D eigenvalue weighted by Gasteiger charge is -2.14. The van der Waals surface area contributed by atoms with Gasteiger partial charge in [-0.05, 0) is 25.0 Å². The van der Waals surface area contributed by atoms with Crippen LogP contribution in [0.15, 0.2) is 24.3 Å².